The Bertz CT molecular complexity index is 638. The molecule has 1 aromatic heterocycles. The van der Waals surface area contributed by atoms with Crippen LogP contribution in [-0.4, -0.2) is 4.98 Å². The second-order valence-corrected chi connectivity index (χ2v) is 4.83. The first kappa shape index (κ1) is 15.3. The number of aromatic nitrogens is 1. The van der Waals surface area contributed by atoms with Crippen LogP contribution >= 0.6 is 0 Å². The minimum Gasteiger partial charge on any atom is -0.439 e. The summed E-state index contributed by atoms with van der Waals surface area (Å²) in [6, 6.07) is 6.94. The highest BCUT2D eigenvalue weighted by Crippen LogP contribution is 2.34. The lowest BCUT2D eigenvalue weighted by Gasteiger charge is -2.13. The molecule has 0 aliphatic heterocycles. The summed E-state index contributed by atoms with van der Waals surface area (Å²) >= 11 is 0. The summed E-state index contributed by atoms with van der Waals surface area (Å²) < 4.78 is 56.9. The minimum atomic E-state index is -4.49. The minimum absolute atomic E-state index is 0.0940. The molecule has 0 N–H and O–H groups in total. The highest BCUT2D eigenvalue weighted by molar-refractivity contribution is 5.33. The molecule has 0 amide bonds. The highest BCUT2D eigenvalue weighted by atomic mass is 19.4. The maximum absolute atomic E-state index is 13.1. The monoisotopic (exact) mass is 299 g/mol. The van der Waals surface area contributed by atoms with E-state index in [0.717, 1.165) is 18.2 Å². The lowest BCUT2D eigenvalue weighted by atomic mass is 10.1. The number of hydrogen-bond donors (Lipinski definition) is 0. The fraction of sp³-hybridized carbons (Fsp3) is 0.267. The molecule has 0 aliphatic carbocycles. The molecule has 0 radical (unpaired) electrons. The van der Waals surface area contributed by atoms with Gasteiger partial charge in [0, 0.05) is 17.8 Å². The van der Waals surface area contributed by atoms with E-state index in [9.17, 15) is 17.6 Å². The number of ether oxygens (including phenoxy) is 1. The molecule has 0 saturated carbocycles. The molecular weight excluding hydrogens is 286 g/mol. The summed E-state index contributed by atoms with van der Waals surface area (Å²) in [5.74, 6) is -0.846. The smallest absolute Gasteiger partial charge is 0.416 e. The van der Waals surface area contributed by atoms with Crippen LogP contribution in [0.1, 0.15) is 31.0 Å². The molecule has 1 heterocycles. The van der Waals surface area contributed by atoms with E-state index in [-0.39, 0.29) is 23.2 Å². The van der Waals surface area contributed by atoms with Gasteiger partial charge in [-0.25, -0.2) is 9.37 Å². The van der Waals surface area contributed by atoms with Gasteiger partial charge in [0.05, 0.1) is 5.56 Å². The van der Waals surface area contributed by atoms with Crippen LogP contribution in [0.3, 0.4) is 0 Å². The van der Waals surface area contributed by atoms with E-state index in [0.29, 0.717) is 0 Å². The van der Waals surface area contributed by atoms with Crippen LogP contribution in [0.5, 0.6) is 11.6 Å². The molecule has 112 valence electrons. The van der Waals surface area contributed by atoms with Crippen molar-refractivity contribution in [3.05, 3.63) is 53.5 Å². The van der Waals surface area contributed by atoms with Crippen molar-refractivity contribution in [2.45, 2.75) is 25.9 Å². The van der Waals surface area contributed by atoms with Gasteiger partial charge >= 0.3 is 6.18 Å². The predicted molar refractivity (Wildman–Crippen MR) is 69.8 cm³/mol. The van der Waals surface area contributed by atoms with Gasteiger partial charge in [-0.15, -0.1) is 0 Å². The standard InChI is InChI=1S/C15H13F4NO/c1-9(2)13-6-10(15(17,18)19)7-14(20-13)21-12-5-3-4-11(16)8-12/h3-9H,1-2H3. The van der Waals surface area contributed by atoms with Crippen LogP contribution in [-0.2, 0) is 6.18 Å². The van der Waals surface area contributed by atoms with E-state index in [2.05, 4.69) is 4.98 Å². The second-order valence-electron chi connectivity index (χ2n) is 4.83. The topological polar surface area (TPSA) is 22.1 Å². The maximum atomic E-state index is 13.1. The number of alkyl halides is 3. The van der Waals surface area contributed by atoms with Crippen molar-refractivity contribution in [1.29, 1.82) is 0 Å². The molecular formula is C15H13F4NO. The highest BCUT2D eigenvalue weighted by Gasteiger charge is 2.32. The predicted octanol–water partition coefficient (Wildman–Crippen LogP) is 5.16. The number of pyridine rings is 1. The van der Waals surface area contributed by atoms with Crippen LogP contribution in [0.4, 0.5) is 17.6 Å². The van der Waals surface area contributed by atoms with Crippen LogP contribution in [0.15, 0.2) is 36.4 Å². The van der Waals surface area contributed by atoms with Gasteiger partial charge < -0.3 is 4.74 Å². The third-order valence-corrected chi connectivity index (χ3v) is 2.76. The van der Waals surface area contributed by atoms with E-state index in [1.54, 1.807) is 13.8 Å². The first-order chi connectivity index (χ1) is 9.75. The lowest BCUT2D eigenvalue weighted by Crippen LogP contribution is -2.08. The van der Waals surface area contributed by atoms with Gasteiger partial charge in [-0.2, -0.15) is 13.2 Å². The van der Waals surface area contributed by atoms with Crippen molar-refractivity contribution >= 4 is 0 Å². The van der Waals surface area contributed by atoms with Crippen molar-refractivity contribution < 1.29 is 22.3 Å². The Morgan fingerprint density at radius 2 is 1.81 bits per heavy atom. The summed E-state index contributed by atoms with van der Waals surface area (Å²) in [4.78, 5) is 4.03. The summed E-state index contributed by atoms with van der Waals surface area (Å²) in [5.41, 5.74) is -0.580. The van der Waals surface area contributed by atoms with E-state index >= 15 is 0 Å². The average molecular weight is 299 g/mol. The molecule has 2 nitrogen and oxygen atoms in total. The quantitative estimate of drug-likeness (QED) is 0.731. The van der Waals surface area contributed by atoms with Gasteiger partial charge in [-0.05, 0) is 24.1 Å². The molecule has 1 aromatic carbocycles. The molecule has 0 spiro atoms. The molecule has 0 fully saturated rings. The Morgan fingerprint density at radius 3 is 2.38 bits per heavy atom. The molecule has 0 saturated heterocycles. The van der Waals surface area contributed by atoms with E-state index in [1.165, 1.54) is 18.2 Å². The zero-order chi connectivity index (χ0) is 15.6. The summed E-state index contributed by atoms with van der Waals surface area (Å²) in [7, 11) is 0. The molecule has 2 rings (SSSR count). The Labute approximate surface area is 119 Å². The molecule has 0 unspecified atom stereocenters. The average Bonchev–Trinajstić information content (AvgIpc) is 2.37. The zero-order valence-electron chi connectivity index (χ0n) is 11.4. The Morgan fingerprint density at radius 1 is 1.10 bits per heavy atom. The maximum Gasteiger partial charge on any atom is 0.416 e. The Kier molecular flexibility index (Phi) is 4.16. The van der Waals surface area contributed by atoms with E-state index < -0.39 is 17.6 Å². The third-order valence-electron chi connectivity index (χ3n) is 2.76. The van der Waals surface area contributed by atoms with Crippen molar-refractivity contribution in [2.24, 2.45) is 0 Å². The Hall–Kier alpha value is -2.11. The van der Waals surface area contributed by atoms with E-state index in [4.69, 9.17) is 4.74 Å². The van der Waals surface area contributed by atoms with Gasteiger partial charge in [0.2, 0.25) is 5.88 Å². The summed E-state index contributed by atoms with van der Waals surface area (Å²) in [5, 5.41) is 0. The number of halogens is 4. The van der Waals surface area contributed by atoms with Crippen LogP contribution in [0, 0.1) is 5.82 Å². The first-order valence-corrected chi connectivity index (χ1v) is 6.28. The van der Waals surface area contributed by atoms with Crippen molar-refractivity contribution in [3.8, 4) is 11.6 Å². The fourth-order valence-electron chi connectivity index (χ4n) is 1.69. The number of nitrogens with zero attached hydrogens (tertiary/aromatic N) is 1. The lowest BCUT2D eigenvalue weighted by molar-refractivity contribution is -0.137. The number of benzene rings is 1. The fourth-order valence-corrected chi connectivity index (χ4v) is 1.69. The molecule has 6 heteroatoms. The molecule has 2 aromatic rings. The van der Waals surface area contributed by atoms with Crippen molar-refractivity contribution in [2.75, 3.05) is 0 Å². The summed E-state index contributed by atoms with van der Waals surface area (Å²) in [6.07, 6.45) is -4.49. The van der Waals surface area contributed by atoms with Crippen LogP contribution in [0.2, 0.25) is 0 Å². The summed E-state index contributed by atoms with van der Waals surface area (Å²) in [6.45, 7) is 3.46. The Balaban J connectivity index is 2.41. The molecule has 21 heavy (non-hydrogen) atoms. The van der Waals surface area contributed by atoms with Gasteiger partial charge in [0.15, 0.2) is 0 Å². The number of rotatable bonds is 3. The first-order valence-electron chi connectivity index (χ1n) is 6.28. The van der Waals surface area contributed by atoms with Crippen LogP contribution in [0.25, 0.3) is 0 Å². The number of hydrogen-bond acceptors (Lipinski definition) is 2. The van der Waals surface area contributed by atoms with Crippen molar-refractivity contribution in [3.63, 3.8) is 0 Å². The molecule has 0 atom stereocenters. The normalized spacial score (nSPS) is 11.8. The SMILES string of the molecule is CC(C)c1cc(C(F)(F)F)cc(Oc2cccc(F)c2)n1. The van der Waals surface area contributed by atoms with E-state index in [1.807, 2.05) is 0 Å². The second kappa shape index (κ2) is 5.71. The van der Waals surface area contributed by atoms with Gasteiger partial charge in [0.25, 0.3) is 0 Å². The molecule has 0 bridgehead atoms. The van der Waals surface area contributed by atoms with Gasteiger partial charge in [0.1, 0.15) is 11.6 Å². The van der Waals surface area contributed by atoms with Crippen molar-refractivity contribution in [1.82, 2.24) is 4.98 Å². The van der Waals surface area contributed by atoms with Crippen LogP contribution < -0.4 is 4.74 Å². The zero-order valence-corrected chi connectivity index (χ0v) is 11.4. The molecule has 0 aliphatic rings. The van der Waals surface area contributed by atoms with Gasteiger partial charge in [-0.1, -0.05) is 19.9 Å². The third kappa shape index (κ3) is 3.93. The largest absolute Gasteiger partial charge is 0.439 e. The van der Waals surface area contributed by atoms with Gasteiger partial charge in [-0.3, -0.25) is 0 Å².